The van der Waals surface area contributed by atoms with Crippen LogP contribution in [0.2, 0.25) is 0 Å². The molecular weight excluding hydrogens is 228 g/mol. The van der Waals surface area contributed by atoms with E-state index in [9.17, 15) is 14.4 Å². The molecule has 0 rings (SSSR count). The minimum atomic E-state index is -1.26. The van der Waals surface area contributed by atoms with E-state index in [0.29, 0.717) is 12.8 Å². The Bertz CT molecular complexity index is 292. The lowest BCUT2D eigenvalue weighted by atomic mass is 10.1. The number of aliphatic carboxylic acids is 2. The van der Waals surface area contributed by atoms with E-state index in [1.807, 2.05) is 6.92 Å². The van der Waals surface area contributed by atoms with Crippen molar-refractivity contribution in [2.45, 2.75) is 44.7 Å². The molecule has 0 aromatic heterocycles. The third kappa shape index (κ3) is 6.52. The van der Waals surface area contributed by atoms with Gasteiger partial charge in [0.15, 0.2) is 0 Å². The van der Waals surface area contributed by atoms with Gasteiger partial charge < -0.3 is 21.3 Å². The number of amides is 1. The highest BCUT2D eigenvalue weighted by Crippen LogP contribution is 2.00. The molecule has 98 valence electrons. The fourth-order valence-electron chi connectivity index (χ4n) is 1.25. The number of rotatable bonds is 8. The molecule has 0 bridgehead atoms. The summed E-state index contributed by atoms with van der Waals surface area (Å²) in [6.45, 7) is 1.85. The maximum Gasteiger partial charge on any atom is 0.326 e. The van der Waals surface area contributed by atoms with Crippen molar-refractivity contribution in [3.63, 3.8) is 0 Å². The van der Waals surface area contributed by atoms with Gasteiger partial charge in [-0.25, -0.2) is 4.79 Å². The summed E-state index contributed by atoms with van der Waals surface area (Å²) >= 11 is 0. The zero-order valence-corrected chi connectivity index (χ0v) is 9.68. The van der Waals surface area contributed by atoms with Crippen LogP contribution >= 0.6 is 0 Å². The summed E-state index contributed by atoms with van der Waals surface area (Å²) in [5.74, 6) is -2.93. The van der Waals surface area contributed by atoms with Crippen molar-refractivity contribution in [2.24, 2.45) is 5.73 Å². The predicted octanol–water partition coefficient (Wildman–Crippen LogP) is -0.452. The van der Waals surface area contributed by atoms with Crippen LogP contribution < -0.4 is 11.1 Å². The molecule has 0 saturated carbocycles. The fourth-order valence-corrected chi connectivity index (χ4v) is 1.25. The second kappa shape index (κ2) is 7.61. The molecule has 2 atom stereocenters. The molecule has 7 nitrogen and oxygen atoms in total. The average Bonchev–Trinajstić information content (AvgIpc) is 2.23. The summed E-state index contributed by atoms with van der Waals surface area (Å²) < 4.78 is 0. The lowest BCUT2D eigenvalue weighted by Crippen LogP contribution is -2.48. The molecule has 1 amide bonds. The van der Waals surface area contributed by atoms with E-state index in [0.717, 1.165) is 0 Å². The average molecular weight is 246 g/mol. The first kappa shape index (κ1) is 15.4. The normalized spacial score (nSPS) is 13.8. The monoisotopic (exact) mass is 246 g/mol. The van der Waals surface area contributed by atoms with Gasteiger partial charge in [0, 0.05) is 6.42 Å². The Morgan fingerprint density at radius 1 is 1.24 bits per heavy atom. The number of carboxylic acids is 2. The smallest absolute Gasteiger partial charge is 0.326 e. The topological polar surface area (TPSA) is 130 Å². The molecule has 0 fully saturated rings. The third-order valence-electron chi connectivity index (χ3n) is 2.20. The zero-order chi connectivity index (χ0) is 13.4. The van der Waals surface area contributed by atoms with E-state index in [1.54, 1.807) is 0 Å². The lowest BCUT2D eigenvalue weighted by Gasteiger charge is -2.16. The van der Waals surface area contributed by atoms with Crippen LogP contribution in [0.15, 0.2) is 0 Å². The Kier molecular flexibility index (Phi) is 6.88. The van der Waals surface area contributed by atoms with Crippen LogP contribution in [0.25, 0.3) is 0 Å². The molecule has 0 heterocycles. The van der Waals surface area contributed by atoms with Gasteiger partial charge in [-0.2, -0.15) is 0 Å². The van der Waals surface area contributed by atoms with Gasteiger partial charge in [-0.1, -0.05) is 13.3 Å². The molecule has 0 aliphatic carbocycles. The number of hydrogen-bond donors (Lipinski definition) is 4. The third-order valence-corrected chi connectivity index (χ3v) is 2.20. The summed E-state index contributed by atoms with van der Waals surface area (Å²) in [7, 11) is 0. The Labute approximate surface area is 99.0 Å². The molecule has 5 N–H and O–H groups in total. The van der Waals surface area contributed by atoms with Gasteiger partial charge in [-0.05, 0) is 12.8 Å². The van der Waals surface area contributed by atoms with Gasteiger partial charge in [0.05, 0.1) is 6.04 Å². The number of carboxylic acid groups (broad SMARTS) is 2. The van der Waals surface area contributed by atoms with E-state index in [-0.39, 0.29) is 12.8 Å². The van der Waals surface area contributed by atoms with Crippen molar-refractivity contribution < 1.29 is 24.6 Å². The van der Waals surface area contributed by atoms with Crippen molar-refractivity contribution in [3.05, 3.63) is 0 Å². The van der Waals surface area contributed by atoms with Crippen molar-refractivity contribution in [1.82, 2.24) is 5.32 Å². The number of carbonyl (C=O) groups is 3. The molecule has 17 heavy (non-hydrogen) atoms. The number of nitrogens with two attached hydrogens (primary N) is 1. The molecule has 0 saturated heterocycles. The van der Waals surface area contributed by atoms with Crippen molar-refractivity contribution in [3.8, 4) is 0 Å². The van der Waals surface area contributed by atoms with Crippen LogP contribution in [-0.4, -0.2) is 40.1 Å². The van der Waals surface area contributed by atoms with Crippen molar-refractivity contribution in [1.29, 1.82) is 0 Å². The molecule has 0 aliphatic rings. The molecule has 0 spiro atoms. The Balaban J connectivity index is 4.29. The van der Waals surface area contributed by atoms with E-state index in [1.165, 1.54) is 0 Å². The highest BCUT2D eigenvalue weighted by atomic mass is 16.4. The number of carbonyl (C=O) groups excluding carboxylic acids is 1. The van der Waals surface area contributed by atoms with Gasteiger partial charge in [0.2, 0.25) is 5.91 Å². The molecule has 0 aromatic carbocycles. The fraction of sp³-hybridized carbons (Fsp3) is 0.700. The van der Waals surface area contributed by atoms with Gasteiger partial charge in [0.25, 0.3) is 0 Å². The maximum absolute atomic E-state index is 11.4. The van der Waals surface area contributed by atoms with Crippen LogP contribution in [0.4, 0.5) is 0 Å². The quantitative estimate of drug-likeness (QED) is 0.459. The number of hydrogen-bond acceptors (Lipinski definition) is 4. The number of nitrogens with one attached hydrogen (secondary N) is 1. The van der Waals surface area contributed by atoms with Crippen LogP contribution in [0.5, 0.6) is 0 Å². The van der Waals surface area contributed by atoms with E-state index < -0.39 is 29.9 Å². The van der Waals surface area contributed by atoms with Crippen LogP contribution in [0.3, 0.4) is 0 Å². The minimum absolute atomic E-state index is 0.157. The van der Waals surface area contributed by atoms with Gasteiger partial charge >= 0.3 is 11.9 Å². The SMILES string of the molecule is CCCC(N)C(=O)N[C@@H](CCC(=O)O)C(=O)O. The maximum atomic E-state index is 11.4. The first-order chi connectivity index (χ1) is 7.88. The van der Waals surface area contributed by atoms with Crippen LogP contribution in [0, 0.1) is 0 Å². The molecule has 0 aromatic rings. The second-order valence-electron chi connectivity index (χ2n) is 3.73. The molecule has 7 heteroatoms. The summed E-state index contributed by atoms with van der Waals surface area (Å²) in [4.78, 5) is 32.5. The van der Waals surface area contributed by atoms with Crippen molar-refractivity contribution in [2.75, 3.05) is 0 Å². The largest absolute Gasteiger partial charge is 0.481 e. The van der Waals surface area contributed by atoms with Crippen LogP contribution in [0.1, 0.15) is 32.6 Å². The van der Waals surface area contributed by atoms with Gasteiger partial charge in [-0.3, -0.25) is 9.59 Å². The van der Waals surface area contributed by atoms with E-state index >= 15 is 0 Å². The minimum Gasteiger partial charge on any atom is -0.481 e. The highest BCUT2D eigenvalue weighted by Gasteiger charge is 2.23. The molecular formula is C10H18N2O5. The molecule has 0 aliphatic heterocycles. The van der Waals surface area contributed by atoms with Crippen LogP contribution in [-0.2, 0) is 14.4 Å². The summed E-state index contributed by atoms with van der Waals surface area (Å²) in [5, 5.41) is 19.5. The van der Waals surface area contributed by atoms with E-state index in [2.05, 4.69) is 5.32 Å². The first-order valence-corrected chi connectivity index (χ1v) is 5.39. The Morgan fingerprint density at radius 3 is 2.24 bits per heavy atom. The molecule has 0 radical (unpaired) electrons. The first-order valence-electron chi connectivity index (χ1n) is 5.39. The molecule has 1 unspecified atom stereocenters. The van der Waals surface area contributed by atoms with Gasteiger partial charge in [0.1, 0.15) is 6.04 Å². The standard InChI is InChI=1S/C10H18N2O5/c1-2-3-6(11)9(15)12-7(10(16)17)4-5-8(13)14/h6-7H,2-5,11H2,1H3,(H,12,15)(H,13,14)(H,16,17)/t6?,7-/m0/s1. The van der Waals surface area contributed by atoms with Crippen molar-refractivity contribution >= 4 is 17.8 Å². The van der Waals surface area contributed by atoms with E-state index in [4.69, 9.17) is 15.9 Å². The second-order valence-corrected chi connectivity index (χ2v) is 3.73. The Hall–Kier alpha value is -1.63. The van der Waals surface area contributed by atoms with Gasteiger partial charge in [-0.15, -0.1) is 0 Å². The zero-order valence-electron chi connectivity index (χ0n) is 9.68. The Morgan fingerprint density at radius 2 is 1.82 bits per heavy atom. The summed E-state index contributed by atoms with van der Waals surface area (Å²) in [6.07, 6.45) is 0.689. The summed E-state index contributed by atoms with van der Waals surface area (Å²) in [6, 6.07) is -1.96. The highest BCUT2D eigenvalue weighted by molar-refractivity contribution is 5.87. The lowest BCUT2D eigenvalue weighted by molar-refractivity contribution is -0.143. The predicted molar refractivity (Wildman–Crippen MR) is 59.3 cm³/mol. The summed E-state index contributed by atoms with van der Waals surface area (Å²) in [5.41, 5.74) is 5.51.